The fourth-order valence-electron chi connectivity index (χ4n) is 6.17. The molecule has 0 saturated heterocycles. The van der Waals surface area contributed by atoms with Gasteiger partial charge in [-0.1, -0.05) is 34.6 Å². The predicted molar refractivity (Wildman–Crippen MR) is 69.7 cm³/mol. The molecular formula is C16H26O. The number of fused-ring (bicyclic) bond motifs is 1. The lowest BCUT2D eigenvalue weighted by Gasteiger charge is -2.60. The molecule has 3 fully saturated rings. The Kier molecular flexibility index (Phi) is 1.94. The molecule has 0 aromatic carbocycles. The Balaban J connectivity index is 2.04. The van der Waals surface area contributed by atoms with Crippen LogP contribution in [0.25, 0.3) is 0 Å². The standard InChI is InChI=1S/C16H26O/c1-13(2)7-12(17)14(3)6-11-15(4,8-13)10-16(11,5)9-14/h11H,6-10H2,1-5H3. The molecule has 4 unspecified atom stereocenters. The molecule has 2 bridgehead atoms. The van der Waals surface area contributed by atoms with Crippen molar-refractivity contribution >= 4 is 5.78 Å². The van der Waals surface area contributed by atoms with Crippen molar-refractivity contribution in [2.45, 2.75) is 66.7 Å². The Morgan fingerprint density at radius 3 is 2.18 bits per heavy atom. The molecule has 0 N–H and O–H groups in total. The molecule has 0 aromatic heterocycles. The summed E-state index contributed by atoms with van der Waals surface area (Å²) in [6.07, 6.45) is 5.69. The van der Waals surface area contributed by atoms with Crippen molar-refractivity contribution in [2.75, 3.05) is 0 Å². The maximum atomic E-state index is 12.6. The molecular weight excluding hydrogens is 208 g/mol. The van der Waals surface area contributed by atoms with E-state index in [1.54, 1.807) is 0 Å². The number of Topliss-reactive ketones (excluding diaryl/α,β-unsaturated/α-hetero) is 1. The van der Waals surface area contributed by atoms with Crippen molar-refractivity contribution < 1.29 is 4.79 Å². The van der Waals surface area contributed by atoms with E-state index in [0.717, 1.165) is 25.2 Å². The summed E-state index contributed by atoms with van der Waals surface area (Å²) in [7, 11) is 0. The summed E-state index contributed by atoms with van der Waals surface area (Å²) >= 11 is 0. The minimum Gasteiger partial charge on any atom is -0.299 e. The molecule has 3 aliphatic carbocycles. The van der Waals surface area contributed by atoms with Gasteiger partial charge in [-0.15, -0.1) is 0 Å². The fourth-order valence-corrected chi connectivity index (χ4v) is 6.17. The number of rotatable bonds is 0. The second-order valence-corrected chi connectivity index (χ2v) is 8.92. The van der Waals surface area contributed by atoms with E-state index in [2.05, 4.69) is 34.6 Å². The van der Waals surface area contributed by atoms with Crippen LogP contribution in [0.15, 0.2) is 0 Å². The molecule has 1 nitrogen and oxygen atoms in total. The van der Waals surface area contributed by atoms with E-state index in [4.69, 9.17) is 0 Å². The second-order valence-electron chi connectivity index (χ2n) is 8.92. The first-order valence-corrected chi connectivity index (χ1v) is 7.12. The Hall–Kier alpha value is -0.330. The van der Waals surface area contributed by atoms with Crippen molar-refractivity contribution in [3.63, 3.8) is 0 Å². The lowest BCUT2D eigenvalue weighted by molar-refractivity contribution is -0.134. The Bertz CT molecular complexity index is 396. The maximum absolute atomic E-state index is 12.6. The first-order valence-electron chi connectivity index (χ1n) is 7.12. The van der Waals surface area contributed by atoms with E-state index < -0.39 is 0 Å². The van der Waals surface area contributed by atoms with Crippen LogP contribution in [0.1, 0.15) is 66.7 Å². The first-order chi connectivity index (χ1) is 7.59. The van der Waals surface area contributed by atoms with Crippen LogP contribution in [0.4, 0.5) is 0 Å². The van der Waals surface area contributed by atoms with Crippen LogP contribution in [-0.2, 0) is 4.79 Å². The van der Waals surface area contributed by atoms with Crippen molar-refractivity contribution in [3.8, 4) is 0 Å². The Morgan fingerprint density at radius 2 is 1.53 bits per heavy atom. The molecule has 3 saturated carbocycles. The summed E-state index contributed by atoms with van der Waals surface area (Å²) in [4.78, 5) is 12.6. The SMILES string of the molecule is CC1(C)CC(=O)C2(C)CC3C(C)(C1)CC3(C)C2. The third kappa shape index (κ3) is 1.40. The van der Waals surface area contributed by atoms with Gasteiger partial charge >= 0.3 is 0 Å². The third-order valence-corrected chi connectivity index (χ3v) is 6.13. The molecule has 0 aromatic rings. The zero-order valence-corrected chi connectivity index (χ0v) is 12.0. The molecule has 17 heavy (non-hydrogen) atoms. The van der Waals surface area contributed by atoms with E-state index in [1.165, 1.54) is 12.8 Å². The largest absolute Gasteiger partial charge is 0.299 e. The lowest BCUT2D eigenvalue weighted by Crippen LogP contribution is -2.52. The van der Waals surface area contributed by atoms with Gasteiger partial charge in [-0.3, -0.25) is 4.79 Å². The summed E-state index contributed by atoms with van der Waals surface area (Å²) in [5.41, 5.74) is 1.18. The van der Waals surface area contributed by atoms with Crippen molar-refractivity contribution in [3.05, 3.63) is 0 Å². The average molecular weight is 234 g/mol. The van der Waals surface area contributed by atoms with Gasteiger partial charge in [0.25, 0.3) is 0 Å². The molecule has 0 spiro atoms. The zero-order valence-electron chi connectivity index (χ0n) is 12.0. The molecule has 96 valence electrons. The summed E-state index contributed by atoms with van der Waals surface area (Å²) in [6.45, 7) is 11.7. The van der Waals surface area contributed by atoms with Crippen molar-refractivity contribution in [2.24, 2.45) is 27.6 Å². The van der Waals surface area contributed by atoms with Gasteiger partial charge in [0.05, 0.1) is 0 Å². The van der Waals surface area contributed by atoms with Crippen molar-refractivity contribution in [1.82, 2.24) is 0 Å². The second kappa shape index (κ2) is 2.81. The minimum absolute atomic E-state index is 0.00509. The van der Waals surface area contributed by atoms with Crippen LogP contribution in [0, 0.1) is 27.6 Å². The van der Waals surface area contributed by atoms with E-state index >= 15 is 0 Å². The molecule has 3 aliphatic rings. The fraction of sp³-hybridized carbons (Fsp3) is 0.938. The van der Waals surface area contributed by atoms with Crippen molar-refractivity contribution in [1.29, 1.82) is 0 Å². The van der Waals surface area contributed by atoms with Crippen LogP contribution in [-0.4, -0.2) is 5.78 Å². The molecule has 0 amide bonds. The maximum Gasteiger partial charge on any atom is 0.139 e. The number of hydrogen-bond donors (Lipinski definition) is 0. The van der Waals surface area contributed by atoms with Crippen LogP contribution in [0.3, 0.4) is 0 Å². The monoisotopic (exact) mass is 234 g/mol. The van der Waals surface area contributed by atoms with Gasteiger partial charge in [-0.05, 0) is 47.8 Å². The van der Waals surface area contributed by atoms with Gasteiger partial charge in [0, 0.05) is 11.8 Å². The molecule has 0 heterocycles. The third-order valence-electron chi connectivity index (χ3n) is 6.13. The zero-order chi connectivity index (χ0) is 12.7. The smallest absolute Gasteiger partial charge is 0.139 e. The summed E-state index contributed by atoms with van der Waals surface area (Å²) < 4.78 is 0. The van der Waals surface area contributed by atoms with Crippen LogP contribution in [0.5, 0.6) is 0 Å². The van der Waals surface area contributed by atoms with E-state index in [0.29, 0.717) is 16.6 Å². The molecule has 3 rings (SSSR count). The normalized spacial score (nSPS) is 56.1. The topological polar surface area (TPSA) is 17.1 Å². The van der Waals surface area contributed by atoms with Gasteiger partial charge < -0.3 is 0 Å². The Labute approximate surface area is 105 Å². The minimum atomic E-state index is -0.00509. The highest BCUT2D eigenvalue weighted by Gasteiger charge is 2.68. The molecule has 0 radical (unpaired) electrons. The van der Waals surface area contributed by atoms with Crippen LogP contribution in [0.2, 0.25) is 0 Å². The molecule has 1 heteroatoms. The highest BCUT2D eigenvalue weighted by Crippen LogP contribution is 2.74. The number of ketones is 1. The quantitative estimate of drug-likeness (QED) is 0.613. The molecule has 0 aliphatic heterocycles. The van der Waals surface area contributed by atoms with Gasteiger partial charge in [0.15, 0.2) is 0 Å². The number of carbonyl (C=O) groups excluding carboxylic acids is 1. The first kappa shape index (κ1) is 11.7. The Morgan fingerprint density at radius 1 is 0.941 bits per heavy atom. The van der Waals surface area contributed by atoms with E-state index in [1.807, 2.05) is 0 Å². The lowest BCUT2D eigenvalue weighted by atomic mass is 9.45. The highest BCUT2D eigenvalue weighted by atomic mass is 16.1. The van der Waals surface area contributed by atoms with Crippen LogP contribution < -0.4 is 0 Å². The number of hydrogen-bond acceptors (Lipinski definition) is 1. The summed E-state index contributed by atoms with van der Waals surface area (Å²) in [6, 6.07) is 0. The average Bonchev–Trinajstić information content (AvgIpc) is 2.34. The summed E-state index contributed by atoms with van der Waals surface area (Å²) in [5.74, 6) is 1.34. The van der Waals surface area contributed by atoms with Gasteiger partial charge in [0.1, 0.15) is 5.78 Å². The van der Waals surface area contributed by atoms with E-state index in [9.17, 15) is 4.79 Å². The number of carbonyl (C=O) groups is 1. The van der Waals surface area contributed by atoms with Gasteiger partial charge in [0.2, 0.25) is 0 Å². The van der Waals surface area contributed by atoms with Crippen LogP contribution >= 0.6 is 0 Å². The van der Waals surface area contributed by atoms with Gasteiger partial charge in [-0.2, -0.15) is 0 Å². The molecule has 4 atom stereocenters. The summed E-state index contributed by atoms with van der Waals surface area (Å²) in [5, 5.41) is 0. The highest BCUT2D eigenvalue weighted by molar-refractivity contribution is 5.86. The predicted octanol–water partition coefficient (Wildman–Crippen LogP) is 4.21. The van der Waals surface area contributed by atoms with E-state index in [-0.39, 0.29) is 10.8 Å². The van der Waals surface area contributed by atoms with Gasteiger partial charge in [-0.25, -0.2) is 0 Å².